The van der Waals surface area contributed by atoms with Crippen LogP contribution in [0.25, 0.3) is 0 Å². The van der Waals surface area contributed by atoms with Crippen molar-refractivity contribution < 1.29 is 14.6 Å². The molecular weight excluding hydrogens is 252 g/mol. The summed E-state index contributed by atoms with van der Waals surface area (Å²) in [5, 5.41) is 12.6. The van der Waals surface area contributed by atoms with Crippen molar-refractivity contribution in [3.8, 4) is 0 Å². The number of hydrogen-bond acceptors (Lipinski definition) is 5. The first-order chi connectivity index (χ1) is 8.60. The van der Waals surface area contributed by atoms with Crippen LogP contribution < -0.4 is 5.32 Å². The number of carbonyl (C=O) groups excluding carboxylic acids is 1. The summed E-state index contributed by atoms with van der Waals surface area (Å²) in [5.41, 5.74) is 0. The first-order valence-electron chi connectivity index (χ1n) is 6.36. The maximum atomic E-state index is 12.2. The molecule has 0 spiro atoms. The summed E-state index contributed by atoms with van der Waals surface area (Å²) in [4.78, 5) is 14.0. The van der Waals surface area contributed by atoms with Crippen LogP contribution in [0.1, 0.15) is 13.8 Å². The van der Waals surface area contributed by atoms with Crippen molar-refractivity contribution >= 4 is 17.7 Å². The van der Waals surface area contributed by atoms with Crippen LogP contribution in [0.15, 0.2) is 0 Å². The van der Waals surface area contributed by atoms with E-state index < -0.39 is 0 Å². The number of thioether (sulfide) groups is 1. The summed E-state index contributed by atoms with van der Waals surface area (Å²) in [6, 6.07) is -0.121. The van der Waals surface area contributed by atoms with Gasteiger partial charge in [-0.3, -0.25) is 4.79 Å². The quantitative estimate of drug-likeness (QED) is 0.711. The van der Waals surface area contributed by atoms with Crippen molar-refractivity contribution in [2.24, 2.45) is 0 Å². The Labute approximate surface area is 113 Å². The van der Waals surface area contributed by atoms with Crippen molar-refractivity contribution in [3.63, 3.8) is 0 Å². The van der Waals surface area contributed by atoms with Crippen molar-refractivity contribution in [1.29, 1.82) is 0 Å². The van der Waals surface area contributed by atoms with Gasteiger partial charge in [-0.15, -0.1) is 0 Å². The van der Waals surface area contributed by atoms with E-state index in [2.05, 4.69) is 5.32 Å². The molecule has 1 aliphatic rings. The van der Waals surface area contributed by atoms with E-state index in [9.17, 15) is 9.90 Å². The highest BCUT2D eigenvalue weighted by atomic mass is 32.2. The minimum atomic E-state index is -0.223. The minimum absolute atomic E-state index is 0.102. The molecule has 0 radical (unpaired) electrons. The lowest BCUT2D eigenvalue weighted by Crippen LogP contribution is -2.53. The number of nitrogens with one attached hydrogen (secondary N) is 1. The van der Waals surface area contributed by atoms with Crippen molar-refractivity contribution in [2.45, 2.75) is 31.2 Å². The van der Waals surface area contributed by atoms with Gasteiger partial charge in [-0.1, -0.05) is 0 Å². The minimum Gasteiger partial charge on any atom is -0.395 e. The Hall–Kier alpha value is -0.300. The fraction of sp³-hybridized carbons (Fsp3) is 0.917. The monoisotopic (exact) mass is 276 g/mol. The molecule has 0 aromatic rings. The predicted octanol–water partition coefficient (Wildman–Crippen LogP) is -0.0643. The number of hydrogen-bond donors (Lipinski definition) is 2. The van der Waals surface area contributed by atoms with Crippen LogP contribution in [0, 0.1) is 0 Å². The maximum absolute atomic E-state index is 12.2. The number of nitrogens with zero attached hydrogens (tertiary/aromatic N) is 1. The third-order valence-electron chi connectivity index (χ3n) is 3.25. The van der Waals surface area contributed by atoms with E-state index in [1.54, 1.807) is 11.8 Å². The van der Waals surface area contributed by atoms with E-state index in [4.69, 9.17) is 4.74 Å². The number of carbonyl (C=O) groups is 1. The number of ether oxygens (including phenoxy) is 1. The molecule has 106 valence electrons. The summed E-state index contributed by atoms with van der Waals surface area (Å²) in [6.07, 6.45) is 1.97. The molecule has 1 rings (SSSR count). The second-order valence-corrected chi connectivity index (χ2v) is 5.65. The van der Waals surface area contributed by atoms with Crippen LogP contribution in [-0.2, 0) is 9.53 Å². The Morgan fingerprint density at radius 3 is 2.56 bits per heavy atom. The van der Waals surface area contributed by atoms with E-state index in [1.165, 1.54) is 0 Å². The molecule has 6 heteroatoms. The number of aliphatic hydroxyl groups excluding tert-OH is 1. The summed E-state index contributed by atoms with van der Waals surface area (Å²) in [5.74, 6) is 0.114. The van der Waals surface area contributed by atoms with Gasteiger partial charge < -0.3 is 20.1 Å². The summed E-state index contributed by atoms with van der Waals surface area (Å²) in [6.45, 7) is 6.59. The van der Waals surface area contributed by atoms with Gasteiger partial charge in [0, 0.05) is 24.4 Å². The lowest BCUT2D eigenvalue weighted by molar-refractivity contribution is -0.137. The number of morpholine rings is 1. The molecule has 1 heterocycles. The van der Waals surface area contributed by atoms with Crippen molar-refractivity contribution in [2.75, 3.05) is 39.2 Å². The Morgan fingerprint density at radius 2 is 2.06 bits per heavy atom. The Morgan fingerprint density at radius 1 is 1.44 bits per heavy atom. The van der Waals surface area contributed by atoms with E-state index in [-0.39, 0.29) is 29.8 Å². The van der Waals surface area contributed by atoms with Gasteiger partial charge in [0.2, 0.25) is 5.91 Å². The molecule has 1 saturated heterocycles. The highest BCUT2D eigenvalue weighted by Crippen LogP contribution is 2.11. The average Bonchev–Trinajstić information content (AvgIpc) is 2.40. The van der Waals surface area contributed by atoms with Crippen molar-refractivity contribution in [1.82, 2.24) is 10.2 Å². The highest BCUT2D eigenvalue weighted by Gasteiger charge is 2.25. The normalized spacial score (nSPS) is 21.4. The largest absolute Gasteiger partial charge is 0.395 e. The van der Waals surface area contributed by atoms with Crippen molar-refractivity contribution in [3.05, 3.63) is 0 Å². The van der Waals surface area contributed by atoms with Gasteiger partial charge in [-0.25, -0.2) is 0 Å². The molecule has 5 nitrogen and oxygen atoms in total. The first kappa shape index (κ1) is 15.8. The Balaban J connectivity index is 2.43. The van der Waals surface area contributed by atoms with Gasteiger partial charge in [0.05, 0.1) is 25.9 Å². The number of aliphatic hydroxyl groups is 1. The average molecular weight is 276 g/mol. The predicted molar refractivity (Wildman–Crippen MR) is 73.8 cm³/mol. The second kappa shape index (κ2) is 7.99. The van der Waals surface area contributed by atoms with Gasteiger partial charge in [0.25, 0.3) is 0 Å². The fourth-order valence-electron chi connectivity index (χ4n) is 2.07. The number of amides is 1. The molecule has 1 aliphatic heterocycles. The molecule has 0 aromatic carbocycles. The second-order valence-electron chi connectivity index (χ2n) is 4.57. The van der Waals surface area contributed by atoms with E-state index >= 15 is 0 Å². The lowest BCUT2D eigenvalue weighted by atomic mass is 10.2. The zero-order chi connectivity index (χ0) is 13.5. The molecule has 3 unspecified atom stereocenters. The molecule has 3 atom stereocenters. The van der Waals surface area contributed by atoms with Gasteiger partial charge in [0.1, 0.15) is 0 Å². The SMILES string of the molecule is CSC(CO)C(C)NC(C)C(=O)N1CCOCC1. The van der Waals surface area contributed by atoms with Crippen LogP contribution >= 0.6 is 11.8 Å². The molecule has 0 bridgehead atoms. The van der Waals surface area contributed by atoms with E-state index in [0.717, 1.165) is 0 Å². The molecule has 2 N–H and O–H groups in total. The topological polar surface area (TPSA) is 61.8 Å². The van der Waals surface area contributed by atoms with Crippen LogP contribution in [0.4, 0.5) is 0 Å². The smallest absolute Gasteiger partial charge is 0.239 e. The highest BCUT2D eigenvalue weighted by molar-refractivity contribution is 7.99. The molecule has 18 heavy (non-hydrogen) atoms. The fourth-order valence-corrected chi connectivity index (χ4v) is 2.70. The van der Waals surface area contributed by atoms with Crippen LogP contribution in [0.2, 0.25) is 0 Å². The molecule has 0 aliphatic carbocycles. The number of rotatable bonds is 6. The van der Waals surface area contributed by atoms with Crippen LogP contribution in [-0.4, -0.2) is 72.4 Å². The third kappa shape index (κ3) is 4.42. The van der Waals surface area contributed by atoms with Gasteiger partial charge in [-0.05, 0) is 20.1 Å². The summed E-state index contributed by atoms with van der Waals surface area (Å²) >= 11 is 1.61. The van der Waals surface area contributed by atoms with E-state index in [1.807, 2.05) is 25.0 Å². The maximum Gasteiger partial charge on any atom is 0.239 e. The molecular formula is C12H24N2O3S. The summed E-state index contributed by atoms with van der Waals surface area (Å²) in [7, 11) is 0. The summed E-state index contributed by atoms with van der Waals surface area (Å²) < 4.78 is 5.23. The van der Waals surface area contributed by atoms with Crippen LogP contribution in [0.3, 0.4) is 0 Å². The van der Waals surface area contributed by atoms with Crippen LogP contribution in [0.5, 0.6) is 0 Å². The van der Waals surface area contributed by atoms with Gasteiger partial charge >= 0.3 is 0 Å². The zero-order valence-corrected chi connectivity index (χ0v) is 12.2. The third-order valence-corrected chi connectivity index (χ3v) is 4.41. The zero-order valence-electron chi connectivity index (χ0n) is 11.4. The Bertz CT molecular complexity index is 256. The Kier molecular flexibility index (Phi) is 6.99. The molecule has 0 saturated carbocycles. The molecule has 1 fully saturated rings. The lowest BCUT2D eigenvalue weighted by Gasteiger charge is -2.31. The van der Waals surface area contributed by atoms with Gasteiger partial charge in [-0.2, -0.15) is 11.8 Å². The molecule has 0 aromatic heterocycles. The van der Waals surface area contributed by atoms with E-state index in [0.29, 0.717) is 26.3 Å². The van der Waals surface area contributed by atoms with Gasteiger partial charge in [0.15, 0.2) is 0 Å². The molecule has 1 amide bonds. The first-order valence-corrected chi connectivity index (χ1v) is 7.65. The standard InChI is InChI=1S/C12H24N2O3S/c1-9(11(8-15)18-3)13-10(2)12(16)14-4-6-17-7-5-14/h9-11,13,15H,4-8H2,1-3H3.